The van der Waals surface area contributed by atoms with E-state index in [-0.39, 0.29) is 5.54 Å². The van der Waals surface area contributed by atoms with Crippen molar-refractivity contribution in [3.63, 3.8) is 0 Å². The van der Waals surface area contributed by atoms with E-state index in [0.29, 0.717) is 0 Å². The Labute approximate surface area is 65.4 Å². The zero-order valence-corrected chi connectivity index (χ0v) is 6.40. The van der Waals surface area contributed by atoms with Gasteiger partial charge in [0.1, 0.15) is 12.7 Å². The Bertz CT molecular complexity index is 225. The van der Waals surface area contributed by atoms with Crippen LogP contribution in [0, 0.1) is 0 Å². The Morgan fingerprint density at radius 1 is 1.55 bits per heavy atom. The molecule has 0 aliphatic heterocycles. The summed E-state index contributed by atoms with van der Waals surface area (Å²) in [5, 5.41) is 4.00. The number of rotatable bonds is 3. The number of aryl methyl sites for hydroxylation is 1. The molecule has 1 aliphatic carbocycles. The summed E-state index contributed by atoms with van der Waals surface area (Å²) in [6.45, 7) is 0.899. The number of nitrogens with two attached hydrogens (primary N) is 1. The van der Waals surface area contributed by atoms with Crippen LogP contribution in [0.15, 0.2) is 12.7 Å². The van der Waals surface area contributed by atoms with Crippen molar-refractivity contribution in [2.24, 2.45) is 5.73 Å². The molecule has 0 bridgehead atoms. The minimum absolute atomic E-state index is 0.131. The minimum Gasteiger partial charge on any atom is -0.325 e. The summed E-state index contributed by atoms with van der Waals surface area (Å²) in [6, 6.07) is 0. The highest BCUT2D eigenvalue weighted by Gasteiger charge is 2.37. The van der Waals surface area contributed by atoms with Crippen LogP contribution in [0.3, 0.4) is 0 Å². The summed E-state index contributed by atoms with van der Waals surface area (Å²) in [7, 11) is 0. The Morgan fingerprint density at radius 3 is 2.91 bits per heavy atom. The SMILES string of the molecule is NC1(CCn2cncn2)CC1. The molecule has 1 aromatic rings. The molecule has 1 fully saturated rings. The van der Waals surface area contributed by atoms with Crippen molar-refractivity contribution < 1.29 is 0 Å². The van der Waals surface area contributed by atoms with Crippen LogP contribution in [0.1, 0.15) is 19.3 Å². The van der Waals surface area contributed by atoms with Crippen molar-refractivity contribution in [3.05, 3.63) is 12.7 Å². The minimum atomic E-state index is 0.131. The highest BCUT2D eigenvalue weighted by molar-refractivity contribution is 4.97. The van der Waals surface area contributed by atoms with Gasteiger partial charge in [0, 0.05) is 12.1 Å². The summed E-state index contributed by atoms with van der Waals surface area (Å²) in [5.41, 5.74) is 6.03. The molecule has 11 heavy (non-hydrogen) atoms. The lowest BCUT2D eigenvalue weighted by atomic mass is 10.2. The average Bonchev–Trinajstić information content (AvgIpc) is 2.53. The second kappa shape index (κ2) is 2.30. The van der Waals surface area contributed by atoms with Crippen molar-refractivity contribution >= 4 is 0 Å². The van der Waals surface area contributed by atoms with E-state index in [2.05, 4.69) is 10.1 Å². The fraction of sp³-hybridized carbons (Fsp3) is 0.714. The van der Waals surface area contributed by atoms with E-state index in [1.165, 1.54) is 12.8 Å². The zero-order valence-electron chi connectivity index (χ0n) is 6.40. The third-order valence-electron chi connectivity index (χ3n) is 2.20. The number of nitrogens with zero attached hydrogens (tertiary/aromatic N) is 3. The molecule has 2 N–H and O–H groups in total. The van der Waals surface area contributed by atoms with Gasteiger partial charge in [-0.15, -0.1) is 0 Å². The second-order valence-corrected chi connectivity index (χ2v) is 3.27. The normalized spacial score (nSPS) is 20.1. The van der Waals surface area contributed by atoms with Crippen LogP contribution in [-0.2, 0) is 6.54 Å². The van der Waals surface area contributed by atoms with Crippen LogP contribution in [0.2, 0.25) is 0 Å². The van der Waals surface area contributed by atoms with Crippen LogP contribution in [0.4, 0.5) is 0 Å². The molecule has 0 aromatic carbocycles. The van der Waals surface area contributed by atoms with Gasteiger partial charge in [-0.2, -0.15) is 5.10 Å². The lowest BCUT2D eigenvalue weighted by Crippen LogP contribution is -2.23. The summed E-state index contributed by atoms with van der Waals surface area (Å²) in [6.07, 6.45) is 6.64. The standard InChI is InChI=1S/C7H12N4/c8-7(1-2-7)3-4-11-6-9-5-10-11/h5-6H,1-4,8H2. The topological polar surface area (TPSA) is 56.7 Å². The number of hydrogen-bond acceptors (Lipinski definition) is 3. The zero-order chi connectivity index (χ0) is 7.73. The van der Waals surface area contributed by atoms with Crippen LogP contribution >= 0.6 is 0 Å². The van der Waals surface area contributed by atoms with Crippen LogP contribution < -0.4 is 5.73 Å². The van der Waals surface area contributed by atoms with Gasteiger partial charge in [0.05, 0.1) is 0 Å². The van der Waals surface area contributed by atoms with Gasteiger partial charge in [0.15, 0.2) is 0 Å². The Morgan fingerprint density at radius 2 is 2.36 bits per heavy atom. The van der Waals surface area contributed by atoms with E-state index in [0.717, 1.165) is 13.0 Å². The first-order valence-corrected chi connectivity index (χ1v) is 3.90. The summed E-state index contributed by atoms with van der Waals surface area (Å²) >= 11 is 0. The third kappa shape index (κ3) is 1.57. The lowest BCUT2D eigenvalue weighted by Gasteiger charge is -2.06. The molecule has 1 saturated carbocycles. The molecule has 4 nitrogen and oxygen atoms in total. The fourth-order valence-corrected chi connectivity index (χ4v) is 1.10. The smallest absolute Gasteiger partial charge is 0.137 e. The predicted octanol–water partition coefficient (Wildman–Crippen LogP) is 0.159. The molecule has 0 atom stereocenters. The van der Waals surface area contributed by atoms with Gasteiger partial charge in [0.25, 0.3) is 0 Å². The molecule has 1 heterocycles. The van der Waals surface area contributed by atoms with E-state index in [9.17, 15) is 0 Å². The predicted molar refractivity (Wildman–Crippen MR) is 40.8 cm³/mol. The lowest BCUT2D eigenvalue weighted by molar-refractivity contribution is 0.500. The Kier molecular flexibility index (Phi) is 1.42. The van der Waals surface area contributed by atoms with Crippen LogP contribution in [0.5, 0.6) is 0 Å². The maximum absolute atomic E-state index is 5.90. The summed E-state index contributed by atoms with van der Waals surface area (Å²) in [4.78, 5) is 3.85. The Hall–Kier alpha value is -0.900. The van der Waals surface area contributed by atoms with Gasteiger partial charge in [-0.25, -0.2) is 4.98 Å². The number of aromatic nitrogens is 3. The van der Waals surface area contributed by atoms with Gasteiger partial charge in [-0.1, -0.05) is 0 Å². The third-order valence-corrected chi connectivity index (χ3v) is 2.20. The summed E-state index contributed by atoms with van der Waals surface area (Å²) in [5.74, 6) is 0. The molecule has 60 valence electrons. The van der Waals surface area contributed by atoms with Crippen LogP contribution in [-0.4, -0.2) is 20.3 Å². The maximum Gasteiger partial charge on any atom is 0.137 e. The first-order chi connectivity index (χ1) is 5.29. The second-order valence-electron chi connectivity index (χ2n) is 3.27. The van der Waals surface area contributed by atoms with Gasteiger partial charge >= 0.3 is 0 Å². The first kappa shape index (κ1) is 6.79. The average molecular weight is 152 g/mol. The molecule has 0 saturated heterocycles. The first-order valence-electron chi connectivity index (χ1n) is 3.90. The molecule has 0 spiro atoms. The van der Waals surface area contributed by atoms with Crippen molar-refractivity contribution in [1.82, 2.24) is 14.8 Å². The molecule has 2 rings (SSSR count). The maximum atomic E-state index is 5.90. The molecule has 0 amide bonds. The van der Waals surface area contributed by atoms with E-state index < -0.39 is 0 Å². The highest BCUT2D eigenvalue weighted by Crippen LogP contribution is 2.35. The Balaban J connectivity index is 1.83. The number of hydrogen-bond donors (Lipinski definition) is 1. The molecule has 1 aliphatic rings. The van der Waals surface area contributed by atoms with Crippen molar-refractivity contribution in [1.29, 1.82) is 0 Å². The molecular formula is C7H12N4. The van der Waals surface area contributed by atoms with E-state index in [1.54, 1.807) is 12.7 Å². The van der Waals surface area contributed by atoms with E-state index in [4.69, 9.17) is 5.73 Å². The van der Waals surface area contributed by atoms with Gasteiger partial charge in [0.2, 0.25) is 0 Å². The molecular weight excluding hydrogens is 140 g/mol. The molecule has 0 unspecified atom stereocenters. The van der Waals surface area contributed by atoms with Crippen LogP contribution in [0.25, 0.3) is 0 Å². The van der Waals surface area contributed by atoms with E-state index in [1.807, 2.05) is 4.68 Å². The van der Waals surface area contributed by atoms with E-state index >= 15 is 0 Å². The molecule has 0 radical (unpaired) electrons. The monoisotopic (exact) mass is 152 g/mol. The molecule has 4 heteroatoms. The van der Waals surface area contributed by atoms with Gasteiger partial charge in [-0.05, 0) is 19.3 Å². The van der Waals surface area contributed by atoms with Gasteiger partial charge in [-0.3, -0.25) is 4.68 Å². The summed E-state index contributed by atoms with van der Waals surface area (Å²) < 4.78 is 1.83. The quantitative estimate of drug-likeness (QED) is 0.671. The van der Waals surface area contributed by atoms with Crippen molar-refractivity contribution in [2.75, 3.05) is 0 Å². The van der Waals surface area contributed by atoms with Crippen molar-refractivity contribution in [2.45, 2.75) is 31.3 Å². The fourth-order valence-electron chi connectivity index (χ4n) is 1.10. The largest absolute Gasteiger partial charge is 0.325 e. The highest BCUT2D eigenvalue weighted by atomic mass is 15.3. The molecule has 1 aromatic heterocycles. The van der Waals surface area contributed by atoms with Crippen molar-refractivity contribution in [3.8, 4) is 0 Å². The van der Waals surface area contributed by atoms with Gasteiger partial charge < -0.3 is 5.73 Å².